The number of aryl methyl sites for hydroxylation is 1. The molecule has 0 atom stereocenters. The molecule has 3 aromatic rings. The Balaban J connectivity index is 1.72. The number of hydrogen-bond acceptors (Lipinski definition) is 3. The first kappa shape index (κ1) is 19.9. The molecular weight excluding hydrogens is 425 g/mol. The van der Waals surface area contributed by atoms with Gasteiger partial charge >= 0.3 is 5.97 Å². The molecule has 0 saturated heterocycles. The number of rotatable bonds is 7. The minimum Gasteiger partial charge on any atom is -0.489 e. The molecule has 0 aromatic heterocycles. The molecule has 0 heterocycles. The molecule has 28 heavy (non-hydrogen) atoms. The van der Waals surface area contributed by atoms with Crippen LogP contribution in [0.3, 0.4) is 0 Å². The van der Waals surface area contributed by atoms with Crippen LogP contribution in [0.1, 0.15) is 27.0 Å². The average molecular weight is 444 g/mol. The quantitative estimate of drug-likeness (QED) is 0.485. The van der Waals surface area contributed by atoms with E-state index in [2.05, 4.69) is 21.2 Å². The highest BCUT2D eigenvalue weighted by Gasteiger charge is 2.09. The van der Waals surface area contributed by atoms with Crippen molar-refractivity contribution < 1.29 is 19.0 Å². The summed E-state index contributed by atoms with van der Waals surface area (Å²) in [5.41, 5.74) is 3.79. The third-order valence-electron chi connectivity index (χ3n) is 4.27. The number of carbonyl (C=O) groups is 1. The summed E-state index contributed by atoms with van der Waals surface area (Å²) < 4.78 is 19.9. The maximum atomic E-state index is 13.0. The Morgan fingerprint density at radius 2 is 1.86 bits per heavy atom. The average Bonchev–Trinajstić information content (AvgIpc) is 2.67. The normalized spacial score (nSPS) is 10.5. The molecule has 144 valence electrons. The van der Waals surface area contributed by atoms with Crippen LogP contribution < -0.4 is 10.1 Å². The third kappa shape index (κ3) is 5.10. The number of benzene rings is 3. The van der Waals surface area contributed by atoms with Crippen molar-refractivity contribution in [2.24, 2.45) is 0 Å². The second kappa shape index (κ2) is 8.89. The largest absolute Gasteiger partial charge is 0.489 e. The lowest BCUT2D eigenvalue weighted by atomic mass is 10.1. The number of nitrogens with one attached hydrogen (secondary N) is 1. The highest BCUT2D eigenvalue weighted by atomic mass is 79.9. The van der Waals surface area contributed by atoms with Gasteiger partial charge in [0.25, 0.3) is 0 Å². The van der Waals surface area contributed by atoms with Gasteiger partial charge in [-0.25, -0.2) is 9.18 Å². The maximum absolute atomic E-state index is 13.0. The van der Waals surface area contributed by atoms with Crippen molar-refractivity contribution >= 4 is 27.6 Å². The molecule has 0 spiro atoms. The molecule has 0 radical (unpaired) electrons. The standard InChI is InChI=1S/C22H19BrFNO3/c1-14-10-16(22(26)27)4-8-20(14)25-12-17-11-18(23)5-9-21(17)28-13-15-2-6-19(24)7-3-15/h2-11,25H,12-13H2,1H3,(H,26,27). The first-order valence-electron chi connectivity index (χ1n) is 8.66. The van der Waals surface area contributed by atoms with E-state index < -0.39 is 5.97 Å². The first-order valence-corrected chi connectivity index (χ1v) is 9.45. The minimum atomic E-state index is -0.946. The van der Waals surface area contributed by atoms with Crippen LogP contribution in [0.15, 0.2) is 65.1 Å². The Kier molecular flexibility index (Phi) is 6.31. The summed E-state index contributed by atoms with van der Waals surface area (Å²) in [6.07, 6.45) is 0. The number of anilines is 1. The van der Waals surface area contributed by atoms with Crippen LogP contribution >= 0.6 is 15.9 Å². The maximum Gasteiger partial charge on any atom is 0.335 e. The minimum absolute atomic E-state index is 0.258. The summed E-state index contributed by atoms with van der Waals surface area (Å²) in [7, 11) is 0. The monoisotopic (exact) mass is 443 g/mol. The predicted molar refractivity (Wildman–Crippen MR) is 110 cm³/mol. The fraction of sp³-hybridized carbons (Fsp3) is 0.136. The lowest BCUT2D eigenvalue weighted by Crippen LogP contribution is -2.06. The fourth-order valence-electron chi connectivity index (χ4n) is 2.75. The molecular formula is C22H19BrFNO3. The molecule has 6 heteroatoms. The summed E-state index contributed by atoms with van der Waals surface area (Å²) in [4.78, 5) is 11.1. The molecule has 4 nitrogen and oxygen atoms in total. The van der Waals surface area contributed by atoms with Gasteiger partial charge in [-0.3, -0.25) is 0 Å². The van der Waals surface area contributed by atoms with E-state index in [0.29, 0.717) is 13.2 Å². The summed E-state index contributed by atoms with van der Waals surface area (Å²) in [6.45, 7) is 2.70. The van der Waals surface area contributed by atoms with Crippen LogP contribution in [0.5, 0.6) is 5.75 Å². The van der Waals surface area contributed by atoms with Crippen LogP contribution in [0, 0.1) is 12.7 Å². The van der Waals surface area contributed by atoms with E-state index in [-0.39, 0.29) is 11.4 Å². The zero-order valence-corrected chi connectivity index (χ0v) is 16.8. The SMILES string of the molecule is Cc1cc(C(=O)O)ccc1NCc1cc(Br)ccc1OCc1ccc(F)cc1. The molecule has 0 bridgehead atoms. The van der Waals surface area contributed by atoms with Gasteiger partial charge in [-0.1, -0.05) is 28.1 Å². The molecule has 0 fully saturated rings. The second-order valence-corrected chi connectivity index (χ2v) is 7.27. The molecule has 3 rings (SSSR count). The summed E-state index contributed by atoms with van der Waals surface area (Å²) >= 11 is 3.48. The number of aromatic carboxylic acids is 1. The van der Waals surface area contributed by atoms with Crippen LogP contribution in [0.25, 0.3) is 0 Å². The van der Waals surface area contributed by atoms with E-state index in [1.807, 2.05) is 25.1 Å². The van der Waals surface area contributed by atoms with Gasteiger partial charge in [0.15, 0.2) is 0 Å². The number of hydrogen-bond donors (Lipinski definition) is 2. The molecule has 0 unspecified atom stereocenters. The molecule has 0 aliphatic carbocycles. The van der Waals surface area contributed by atoms with Gasteiger partial charge in [-0.2, -0.15) is 0 Å². The zero-order valence-electron chi connectivity index (χ0n) is 15.2. The number of halogens is 2. The summed E-state index contributed by atoms with van der Waals surface area (Å²) in [5, 5.41) is 12.4. The van der Waals surface area contributed by atoms with Crippen LogP contribution in [0.2, 0.25) is 0 Å². The van der Waals surface area contributed by atoms with Crippen LogP contribution in [-0.4, -0.2) is 11.1 Å². The third-order valence-corrected chi connectivity index (χ3v) is 4.77. The fourth-order valence-corrected chi connectivity index (χ4v) is 3.16. The van der Waals surface area contributed by atoms with Crippen LogP contribution in [0.4, 0.5) is 10.1 Å². The Labute approximate surface area is 171 Å². The summed E-state index contributed by atoms with van der Waals surface area (Å²) in [6, 6.07) is 16.9. The van der Waals surface area contributed by atoms with Gasteiger partial charge in [0.2, 0.25) is 0 Å². The van der Waals surface area contributed by atoms with Crippen molar-refractivity contribution in [3.8, 4) is 5.75 Å². The van der Waals surface area contributed by atoms with Crippen molar-refractivity contribution in [1.29, 1.82) is 0 Å². The molecule has 0 amide bonds. The Bertz CT molecular complexity index is 990. The number of carboxylic acid groups (broad SMARTS) is 1. The Hall–Kier alpha value is -2.86. The zero-order chi connectivity index (χ0) is 20.1. The molecule has 2 N–H and O–H groups in total. The van der Waals surface area contributed by atoms with Crippen molar-refractivity contribution in [1.82, 2.24) is 0 Å². The van der Waals surface area contributed by atoms with Gasteiger partial charge in [-0.15, -0.1) is 0 Å². The van der Waals surface area contributed by atoms with Crippen LogP contribution in [-0.2, 0) is 13.2 Å². The van der Waals surface area contributed by atoms with E-state index in [1.165, 1.54) is 12.1 Å². The highest BCUT2D eigenvalue weighted by Crippen LogP contribution is 2.26. The molecule has 3 aromatic carbocycles. The number of carboxylic acids is 1. The van der Waals surface area contributed by atoms with Gasteiger partial charge in [-0.05, 0) is 66.6 Å². The Morgan fingerprint density at radius 1 is 1.11 bits per heavy atom. The van der Waals surface area contributed by atoms with Crippen molar-refractivity contribution in [3.63, 3.8) is 0 Å². The molecule has 0 saturated carbocycles. The molecule has 0 aliphatic heterocycles. The Morgan fingerprint density at radius 3 is 2.54 bits per heavy atom. The number of ether oxygens (including phenoxy) is 1. The highest BCUT2D eigenvalue weighted by molar-refractivity contribution is 9.10. The predicted octanol–water partition coefficient (Wildman–Crippen LogP) is 5.79. The van der Waals surface area contributed by atoms with E-state index >= 15 is 0 Å². The van der Waals surface area contributed by atoms with Gasteiger partial charge in [0.1, 0.15) is 18.2 Å². The van der Waals surface area contributed by atoms with E-state index in [9.17, 15) is 9.18 Å². The van der Waals surface area contributed by atoms with Crippen molar-refractivity contribution in [2.45, 2.75) is 20.1 Å². The topological polar surface area (TPSA) is 58.6 Å². The van der Waals surface area contributed by atoms with Gasteiger partial charge < -0.3 is 15.2 Å². The van der Waals surface area contributed by atoms with Crippen molar-refractivity contribution in [2.75, 3.05) is 5.32 Å². The van der Waals surface area contributed by atoms with E-state index in [0.717, 1.165) is 32.6 Å². The second-order valence-electron chi connectivity index (χ2n) is 6.36. The van der Waals surface area contributed by atoms with Gasteiger partial charge in [0, 0.05) is 22.3 Å². The lowest BCUT2D eigenvalue weighted by Gasteiger charge is -2.15. The van der Waals surface area contributed by atoms with Crippen molar-refractivity contribution in [3.05, 3.63) is 93.2 Å². The smallest absolute Gasteiger partial charge is 0.335 e. The van der Waals surface area contributed by atoms with E-state index in [4.69, 9.17) is 9.84 Å². The van der Waals surface area contributed by atoms with E-state index in [1.54, 1.807) is 30.3 Å². The van der Waals surface area contributed by atoms with Gasteiger partial charge in [0.05, 0.1) is 5.56 Å². The first-order chi connectivity index (χ1) is 13.4. The summed E-state index contributed by atoms with van der Waals surface area (Å²) in [5.74, 6) is -0.500. The lowest BCUT2D eigenvalue weighted by molar-refractivity contribution is 0.0697. The molecule has 0 aliphatic rings.